The van der Waals surface area contributed by atoms with Gasteiger partial charge in [-0.2, -0.15) is 0 Å². The van der Waals surface area contributed by atoms with E-state index >= 15 is 0 Å². The van der Waals surface area contributed by atoms with Crippen LogP contribution >= 0.6 is 0 Å². The predicted octanol–water partition coefficient (Wildman–Crippen LogP) is 1.61. The fourth-order valence-corrected chi connectivity index (χ4v) is 4.33. The second-order valence-corrected chi connectivity index (χ2v) is 9.62. The minimum atomic E-state index is -0.644. The van der Waals surface area contributed by atoms with E-state index in [4.69, 9.17) is 0 Å². The molecule has 2 rings (SSSR count). The summed E-state index contributed by atoms with van der Waals surface area (Å²) in [5.41, 5.74) is -2.22. The second kappa shape index (κ2) is 5.87. The fraction of sp³-hybridized carbons (Fsp3) is 1.00. The number of rotatable bonds is 4. The molecular formula is C17H34N4O3-2. The summed E-state index contributed by atoms with van der Waals surface area (Å²) in [5, 5.41) is 37.8. The molecule has 0 amide bonds. The van der Waals surface area contributed by atoms with Crippen molar-refractivity contribution in [3.8, 4) is 0 Å². The van der Waals surface area contributed by atoms with Crippen molar-refractivity contribution < 1.29 is 5.11 Å². The van der Waals surface area contributed by atoms with Crippen LogP contribution in [0.5, 0.6) is 0 Å². The van der Waals surface area contributed by atoms with Crippen LogP contribution < -0.4 is 0 Å². The van der Waals surface area contributed by atoms with Crippen molar-refractivity contribution in [2.75, 3.05) is 26.2 Å². The van der Waals surface area contributed by atoms with Gasteiger partial charge in [0.1, 0.15) is 0 Å². The molecule has 0 bridgehead atoms. The predicted molar refractivity (Wildman–Crippen MR) is 95.9 cm³/mol. The van der Waals surface area contributed by atoms with Crippen molar-refractivity contribution in [1.82, 2.24) is 19.9 Å². The van der Waals surface area contributed by atoms with Crippen LogP contribution in [0.15, 0.2) is 0 Å². The van der Waals surface area contributed by atoms with Crippen LogP contribution in [0.2, 0.25) is 0 Å². The van der Waals surface area contributed by atoms with Crippen molar-refractivity contribution in [2.24, 2.45) is 0 Å². The third-order valence-electron chi connectivity index (χ3n) is 5.66. The summed E-state index contributed by atoms with van der Waals surface area (Å²) in [6.45, 7) is 17.3. The number of aliphatic hydroxyl groups excluding tert-OH is 1. The van der Waals surface area contributed by atoms with Crippen molar-refractivity contribution in [2.45, 2.75) is 83.9 Å². The molecule has 0 radical (unpaired) electrons. The first-order valence-corrected chi connectivity index (χ1v) is 8.75. The topological polar surface area (TPSA) is 79.3 Å². The van der Waals surface area contributed by atoms with E-state index in [2.05, 4.69) is 0 Å². The zero-order chi connectivity index (χ0) is 18.7. The molecule has 2 heterocycles. The van der Waals surface area contributed by atoms with Gasteiger partial charge in [0.15, 0.2) is 0 Å². The molecule has 2 saturated heterocycles. The van der Waals surface area contributed by atoms with E-state index in [9.17, 15) is 15.5 Å². The number of aliphatic hydroxyl groups is 1. The lowest BCUT2D eigenvalue weighted by atomic mass is 10.1. The molecule has 0 aromatic carbocycles. The van der Waals surface area contributed by atoms with Crippen LogP contribution in [0.25, 0.3) is 0 Å². The van der Waals surface area contributed by atoms with Gasteiger partial charge >= 0.3 is 0 Å². The van der Waals surface area contributed by atoms with E-state index in [0.29, 0.717) is 26.2 Å². The average Bonchev–Trinajstić information content (AvgIpc) is 2.66. The lowest BCUT2D eigenvalue weighted by Crippen LogP contribution is -2.53. The van der Waals surface area contributed by atoms with E-state index in [1.54, 1.807) is 0 Å². The highest BCUT2D eigenvalue weighted by molar-refractivity contribution is 5.05. The van der Waals surface area contributed by atoms with Crippen LogP contribution in [0.1, 0.15) is 55.4 Å². The van der Waals surface area contributed by atoms with Crippen LogP contribution in [0, 0.1) is 10.4 Å². The first-order chi connectivity index (χ1) is 10.6. The number of hydrogen-bond donors (Lipinski definition) is 1. The molecule has 0 spiro atoms. The fourth-order valence-electron chi connectivity index (χ4n) is 4.33. The molecule has 1 N–H and O–H groups in total. The van der Waals surface area contributed by atoms with Gasteiger partial charge in [0, 0.05) is 37.3 Å². The number of β-amino-alcohol motifs (C(OH)–C–C–N with tert-alkyl or cyclic N) is 1. The summed E-state index contributed by atoms with van der Waals surface area (Å²) < 4.78 is 0. The monoisotopic (exact) mass is 342 g/mol. The lowest BCUT2D eigenvalue weighted by molar-refractivity contribution is -0.00695. The van der Waals surface area contributed by atoms with Crippen LogP contribution in [0.4, 0.5) is 0 Å². The Morgan fingerprint density at radius 2 is 1.04 bits per heavy atom. The number of hydrogen-bond acceptors (Lipinski definition) is 7. The number of hydroxylamine groups is 4. The quantitative estimate of drug-likeness (QED) is 0.831. The Labute approximate surface area is 146 Å². The van der Waals surface area contributed by atoms with E-state index in [-0.39, 0.29) is 0 Å². The van der Waals surface area contributed by atoms with Gasteiger partial charge in [-0.1, -0.05) is 0 Å². The van der Waals surface area contributed by atoms with Gasteiger partial charge in [-0.25, -0.2) is 0 Å². The van der Waals surface area contributed by atoms with Gasteiger partial charge in [0.2, 0.25) is 0 Å². The number of nitrogens with zero attached hydrogens (tertiary/aromatic N) is 4. The first kappa shape index (κ1) is 20.0. The maximum atomic E-state index is 12.5. The highest BCUT2D eigenvalue weighted by atomic mass is 16.5. The summed E-state index contributed by atoms with van der Waals surface area (Å²) in [7, 11) is 0. The molecule has 7 nitrogen and oxygen atoms in total. The minimum absolute atomic E-state index is 0.418. The van der Waals surface area contributed by atoms with Crippen LogP contribution in [-0.2, 0) is 0 Å². The molecule has 2 aliphatic heterocycles. The molecule has 2 aliphatic rings. The van der Waals surface area contributed by atoms with E-state index < -0.39 is 28.5 Å². The summed E-state index contributed by atoms with van der Waals surface area (Å²) in [4.78, 5) is 4.07. The Kier molecular flexibility index (Phi) is 4.90. The highest BCUT2D eigenvalue weighted by Crippen LogP contribution is 2.38. The molecule has 0 aromatic heterocycles. The maximum absolute atomic E-state index is 12.5. The largest absolute Gasteiger partial charge is 0.783 e. The van der Waals surface area contributed by atoms with Gasteiger partial charge in [-0.05, 0) is 55.4 Å². The van der Waals surface area contributed by atoms with E-state index in [1.807, 2.05) is 65.2 Å². The second-order valence-electron chi connectivity index (χ2n) is 9.62. The molecule has 0 saturated carbocycles. The summed E-state index contributed by atoms with van der Waals surface area (Å²) in [6.07, 6.45) is -0.617. The standard InChI is InChI=1S/C17H34N4O3/c1-14(2)11-18(16(5,6)20(14)23)9-13(22)10-19-12-15(3,4)21(24)17(19,7)8/h13,22H,9-12H2,1-8H3/q-2. The first-order valence-electron chi connectivity index (χ1n) is 8.75. The molecule has 0 unspecified atom stereocenters. The minimum Gasteiger partial charge on any atom is -0.783 e. The average molecular weight is 342 g/mol. The lowest BCUT2D eigenvalue weighted by Gasteiger charge is -2.48. The molecule has 2 fully saturated rings. The Balaban J connectivity index is 2.03. The Morgan fingerprint density at radius 1 is 0.750 bits per heavy atom. The van der Waals surface area contributed by atoms with Crippen LogP contribution in [0.3, 0.4) is 0 Å². The Morgan fingerprint density at radius 3 is 1.25 bits per heavy atom. The van der Waals surface area contributed by atoms with E-state index in [1.165, 1.54) is 0 Å². The molecule has 7 heteroatoms. The Hall–Kier alpha value is -0.280. The van der Waals surface area contributed by atoms with Crippen molar-refractivity contribution in [3.05, 3.63) is 10.4 Å². The smallest absolute Gasteiger partial charge is 0.0795 e. The third-order valence-corrected chi connectivity index (χ3v) is 5.66. The summed E-state index contributed by atoms with van der Waals surface area (Å²) >= 11 is 0. The summed E-state index contributed by atoms with van der Waals surface area (Å²) in [6, 6.07) is 0. The maximum Gasteiger partial charge on any atom is 0.0795 e. The molecule has 0 aromatic rings. The normalized spacial score (nSPS) is 30.5. The molecule has 0 atom stereocenters. The summed E-state index contributed by atoms with van der Waals surface area (Å²) in [5.74, 6) is 0. The van der Waals surface area contributed by atoms with Gasteiger partial charge < -0.3 is 25.6 Å². The van der Waals surface area contributed by atoms with Crippen LogP contribution in [-0.4, -0.2) is 79.7 Å². The highest BCUT2D eigenvalue weighted by Gasteiger charge is 2.47. The van der Waals surface area contributed by atoms with E-state index in [0.717, 1.165) is 10.1 Å². The molecule has 0 aliphatic carbocycles. The Bertz CT molecular complexity index is 436. The van der Waals surface area contributed by atoms with Gasteiger partial charge in [-0.3, -0.25) is 9.80 Å². The van der Waals surface area contributed by atoms with Gasteiger partial charge in [0.25, 0.3) is 0 Å². The SMILES string of the molecule is CC1(C)CN(CC(O)CN2CC(C)(C)N([O-])C2(C)C)C(C)(C)N1[O-]. The third kappa shape index (κ3) is 3.23. The van der Waals surface area contributed by atoms with Crippen molar-refractivity contribution in [3.63, 3.8) is 0 Å². The van der Waals surface area contributed by atoms with Gasteiger partial charge in [0.05, 0.1) is 17.4 Å². The molecule has 142 valence electrons. The van der Waals surface area contributed by atoms with Crippen molar-refractivity contribution >= 4 is 0 Å². The zero-order valence-corrected chi connectivity index (χ0v) is 16.5. The van der Waals surface area contributed by atoms with Gasteiger partial charge in [-0.15, -0.1) is 0 Å². The zero-order valence-electron chi connectivity index (χ0n) is 16.5. The molecule has 24 heavy (non-hydrogen) atoms. The van der Waals surface area contributed by atoms with Crippen molar-refractivity contribution in [1.29, 1.82) is 0 Å². The molecular weight excluding hydrogens is 308 g/mol.